The SMILES string of the molecule is Cc1nc2c(F)cc(-c3c[nH]c4nc(N[C@H]5C[C@@](C)(C(=O)N(C)C)C5)ncc34)cc2n1CC(F)F. The van der Waals surface area contributed by atoms with Crippen LogP contribution in [0, 0.1) is 18.2 Å². The van der Waals surface area contributed by atoms with Gasteiger partial charge in [0.15, 0.2) is 5.82 Å². The molecule has 1 fully saturated rings. The largest absolute Gasteiger partial charge is 0.351 e. The zero-order chi connectivity index (χ0) is 25.1. The molecule has 1 amide bonds. The Bertz CT molecular complexity index is 1440. The topological polar surface area (TPSA) is 91.7 Å². The Kier molecular flexibility index (Phi) is 5.45. The lowest BCUT2D eigenvalue weighted by Crippen LogP contribution is -2.52. The Hall–Kier alpha value is -3.63. The van der Waals surface area contributed by atoms with Crippen LogP contribution in [0.4, 0.5) is 19.1 Å². The molecule has 3 heterocycles. The van der Waals surface area contributed by atoms with Crippen LogP contribution < -0.4 is 5.32 Å². The first-order valence-electron chi connectivity index (χ1n) is 11.3. The number of carbonyl (C=O) groups is 1. The fourth-order valence-electron chi connectivity index (χ4n) is 5.06. The van der Waals surface area contributed by atoms with Gasteiger partial charge in [-0.25, -0.2) is 23.1 Å². The van der Waals surface area contributed by atoms with Crippen LogP contribution in [-0.2, 0) is 11.3 Å². The van der Waals surface area contributed by atoms with Gasteiger partial charge in [0.05, 0.1) is 17.5 Å². The Morgan fingerprint density at radius 3 is 2.74 bits per heavy atom. The highest BCUT2D eigenvalue weighted by atomic mass is 19.3. The normalized spacial score (nSPS) is 19.9. The van der Waals surface area contributed by atoms with E-state index in [9.17, 15) is 18.0 Å². The minimum Gasteiger partial charge on any atom is -0.351 e. The van der Waals surface area contributed by atoms with Crippen molar-refractivity contribution in [3.8, 4) is 11.1 Å². The molecule has 2 N–H and O–H groups in total. The van der Waals surface area contributed by atoms with Crippen LogP contribution in [0.1, 0.15) is 25.6 Å². The summed E-state index contributed by atoms with van der Waals surface area (Å²) in [7, 11) is 3.51. The van der Waals surface area contributed by atoms with E-state index in [1.165, 1.54) is 10.6 Å². The molecule has 0 saturated heterocycles. The standard InChI is InChI=1S/C24H26F3N7O/c1-12-30-20-17(25)5-13(6-18(20)34(12)11-19(26)27)15-9-28-21-16(15)10-29-23(32-21)31-14-7-24(2,8-14)22(35)33(3)4/h5-6,9-10,14,19H,7-8,11H2,1-4H3,(H2,28,29,31,32)/t14-,24+. The number of rotatable bonds is 6. The third-order valence-corrected chi connectivity index (χ3v) is 6.71. The number of hydrogen-bond donors (Lipinski definition) is 2. The lowest BCUT2D eigenvalue weighted by atomic mass is 9.66. The van der Waals surface area contributed by atoms with Crippen molar-refractivity contribution in [3.05, 3.63) is 36.2 Å². The summed E-state index contributed by atoms with van der Waals surface area (Å²) in [6, 6.07) is 3.09. The second-order valence-corrected chi connectivity index (χ2v) is 9.65. The van der Waals surface area contributed by atoms with E-state index in [4.69, 9.17) is 0 Å². The molecule has 1 aliphatic rings. The molecule has 0 bridgehead atoms. The molecular formula is C24H26F3N7O. The summed E-state index contributed by atoms with van der Waals surface area (Å²) in [5, 5.41) is 3.95. The minimum absolute atomic E-state index is 0.0646. The van der Waals surface area contributed by atoms with Gasteiger partial charge in [0.1, 0.15) is 17.0 Å². The van der Waals surface area contributed by atoms with E-state index in [0.717, 1.165) is 0 Å². The van der Waals surface area contributed by atoms with Gasteiger partial charge in [-0.05, 0) is 37.5 Å². The van der Waals surface area contributed by atoms with E-state index >= 15 is 0 Å². The minimum atomic E-state index is -2.58. The number of halogens is 3. The number of aryl methyl sites for hydroxylation is 1. The molecule has 1 aromatic carbocycles. The Labute approximate surface area is 199 Å². The van der Waals surface area contributed by atoms with E-state index in [0.29, 0.717) is 52.3 Å². The number of imidazole rings is 1. The fourth-order valence-corrected chi connectivity index (χ4v) is 5.06. The summed E-state index contributed by atoms with van der Waals surface area (Å²) in [4.78, 5) is 30.1. The monoisotopic (exact) mass is 485 g/mol. The van der Waals surface area contributed by atoms with Crippen molar-refractivity contribution in [2.24, 2.45) is 5.41 Å². The molecule has 3 aromatic heterocycles. The van der Waals surface area contributed by atoms with Crippen molar-refractivity contribution >= 4 is 33.9 Å². The predicted octanol–water partition coefficient (Wildman–Crippen LogP) is 4.36. The summed E-state index contributed by atoms with van der Waals surface area (Å²) in [5.41, 5.74) is 1.71. The van der Waals surface area contributed by atoms with Crippen LogP contribution in [0.5, 0.6) is 0 Å². The second-order valence-electron chi connectivity index (χ2n) is 9.65. The van der Waals surface area contributed by atoms with E-state index in [1.54, 1.807) is 44.4 Å². The van der Waals surface area contributed by atoms with Crippen molar-refractivity contribution in [3.63, 3.8) is 0 Å². The van der Waals surface area contributed by atoms with Crippen LogP contribution in [0.3, 0.4) is 0 Å². The van der Waals surface area contributed by atoms with E-state index in [2.05, 4.69) is 25.3 Å². The Balaban J connectivity index is 1.42. The number of aromatic amines is 1. The summed E-state index contributed by atoms with van der Waals surface area (Å²) in [6.45, 7) is 2.98. The predicted molar refractivity (Wildman–Crippen MR) is 127 cm³/mol. The molecule has 0 unspecified atom stereocenters. The molecule has 8 nitrogen and oxygen atoms in total. The number of H-pyrrole nitrogens is 1. The Morgan fingerprint density at radius 2 is 2.06 bits per heavy atom. The molecule has 0 aliphatic heterocycles. The number of benzene rings is 1. The average Bonchev–Trinajstić information content (AvgIpc) is 3.33. The van der Waals surface area contributed by atoms with Crippen molar-refractivity contribution < 1.29 is 18.0 Å². The van der Waals surface area contributed by atoms with Crippen molar-refractivity contribution in [2.75, 3.05) is 19.4 Å². The van der Waals surface area contributed by atoms with Crippen molar-refractivity contribution in [2.45, 2.75) is 45.7 Å². The van der Waals surface area contributed by atoms with Crippen LogP contribution in [0.25, 0.3) is 33.2 Å². The quantitative estimate of drug-likeness (QED) is 0.424. The molecule has 35 heavy (non-hydrogen) atoms. The van der Waals surface area contributed by atoms with Gasteiger partial charge >= 0.3 is 0 Å². The van der Waals surface area contributed by atoms with Gasteiger partial charge in [0.25, 0.3) is 6.43 Å². The van der Waals surface area contributed by atoms with Crippen LogP contribution in [0.15, 0.2) is 24.5 Å². The molecule has 0 radical (unpaired) electrons. The number of nitrogens with one attached hydrogen (secondary N) is 2. The number of alkyl halides is 2. The number of hydrogen-bond acceptors (Lipinski definition) is 5. The second kappa shape index (κ2) is 8.24. The van der Waals surface area contributed by atoms with Gasteiger partial charge in [-0.15, -0.1) is 0 Å². The van der Waals surface area contributed by atoms with E-state index in [1.807, 2.05) is 6.92 Å². The highest BCUT2D eigenvalue weighted by molar-refractivity contribution is 5.96. The molecule has 0 spiro atoms. The number of amides is 1. The number of aromatic nitrogens is 5. The lowest BCUT2D eigenvalue weighted by molar-refractivity contribution is -0.143. The highest BCUT2D eigenvalue weighted by Crippen LogP contribution is 2.43. The van der Waals surface area contributed by atoms with Gasteiger partial charge in [0, 0.05) is 43.5 Å². The molecule has 5 rings (SSSR count). The third kappa shape index (κ3) is 3.98. The first kappa shape index (κ1) is 23.1. The van der Waals surface area contributed by atoms with Crippen molar-refractivity contribution in [1.29, 1.82) is 0 Å². The number of nitrogens with zero attached hydrogens (tertiary/aromatic N) is 5. The van der Waals surface area contributed by atoms with Crippen molar-refractivity contribution in [1.82, 2.24) is 29.4 Å². The summed E-state index contributed by atoms with van der Waals surface area (Å²) in [5.74, 6) is 0.286. The first-order valence-corrected chi connectivity index (χ1v) is 11.3. The molecule has 1 saturated carbocycles. The third-order valence-electron chi connectivity index (χ3n) is 6.71. The lowest BCUT2D eigenvalue weighted by Gasteiger charge is -2.45. The smallest absolute Gasteiger partial charge is 0.256 e. The maximum Gasteiger partial charge on any atom is 0.256 e. The van der Waals surface area contributed by atoms with Gasteiger partial charge in [-0.1, -0.05) is 6.92 Å². The van der Waals surface area contributed by atoms with Crippen LogP contribution in [0.2, 0.25) is 0 Å². The molecular weight excluding hydrogens is 459 g/mol. The Morgan fingerprint density at radius 1 is 1.31 bits per heavy atom. The number of carbonyl (C=O) groups excluding carboxylic acids is 1. The summed E-state index contributed by atoms with van der Waals surface area (Å²) < 4.78 is 42.3. The maximum absolute atomic E-state index is 14.9. The van der Waals surface area contributed by atoms with Gasteiger partial charge in [0.2, 0.25) is 11.9 Å². The number of fused-ring (bicyclic) bond motifs is 2. The van der Waals surface area contributed by atoms with Gasteiger partial charge < -0.3 is 19.8 Å². The highest BCUT2D eigenvalue weighted by Gasteiger charge is 2.47. The van der Waals surface area contributed by atoms with E-state index < -0.39 is 18.8 Å². The molecule has 11 heteroatoms. The van der Waals surface area contributed by atoms with Gasteiger partial charge in [-0.3, -0.25) is 4.79 Å². The molecule has 4 aromatic rings. The summed E-state index contributed by atoms with van der Waals surface area (Å²) in [6.07, 6.45) is 2.13. The summed E-state index contributed by atoms with van der Waals surface area (Å²) >= 11 is 0. The van der Waals surface area contributed by atoms with E-state index in [-0.39, 0.29) is 22.9 Å². The molecule has 1 aliphatic carbocycles. The zero-order valence-corrected chi connectivity index (χ0v) is 19.9. The van der Waals surface area contributed by atoms with Crippen LogP contribution >= 0.6 is 0 Å². The zero-order valence-electron chi connectivity index (χ0n) is 19.9. The fraction of sp³-hybridized carbons (Fsp3) is 0.417. The molecule has 184 valence electrons. The van der Waals surface area contributed by atoms with Crippen LogP contribution in [-0.4, -0.2) is 61.9 Å². The molecule has 0 atom stereocenters. The number of anilines is 1. The average molecular weight is 486 g/mol. The maximum atomic E-state index is 14.9. The first-order chi connectivity index (χ1) is 16.6. The van der Waals surface area contributed by atoms with Gasteiger partial charge in [-0.2, -0.15) is 4.98 Å².